The summed E-state index contributed by atoms with van der Waals surface area (Å²) in [7, 11) is 0. The number of aliphatic hydroxyl groups is 1. The molecule has 51 heavy (non-hydrogen) atoms. The van der Waals surface area contributed by atoms with E-state index in [-0.39, 0.29) is 37.7 Å². The van der Waals surface area contributed by atoms with Gasteiger partial charge in [-0.25, -0.2) is 10.4 Å². The average Bonchev–Trinajstić information content (AvgIpc) is 3.52. The van der Waals surface area contributed by atoms with Gasteiger partial charge in [-0.3, -0.25) is 10.2 Å². The second-order valence-corrected chi connectivity index (χ2v) is 11.4. The molecule has 2 atom stereocenters. The van der Waals surface area contributed by atoms with Crippen molar-refractivity contribution < 1.29 is 32.5 Å². The molecule has 1 aliphatic rings. The molecule has 0 aromatic heterocycles. The van der Waals surface area contributed by atoms with E-state index >= 15 is 0 Å². The van der Waals surface area contributed by atoms with Crippen LogP contribution in [0.2, 0.25) is 0 Å². The van der Waals surface area contributed by atoms with Gasteiger partial charge in [0, 0.05) is 52.6 Å². The van der Waals surface area contributed by atoms with Crippen molar-refractivity contribution in [1.29, 1.82) is 0 Å². The molecule has 0 radical (unpaired) electrons. The Labute approximate surface area is 290 Å². The lowest BCUT2D eigenvalue weighted by Gasteiger charge is -2.32. The van der Waals surface area contributed by atoms with Crippen LogP contribution in [0.1, 0.15) is 45.9 Å². The predicted octanol–water partition coefficient (Wildman–Crippen LogP) is 7.54. The zero-order valence-corrected chi connectivity index (χ0v) is 27.0. The van der Waals surface area contributed by atoms with Crippen LogP contribution in [-0.2, 0) is 35.2 Å². The van der Waals surface area contributed by atoms with Gasteiger partial charge in [-0.05, 0) is 64.2 Å². The normalized spacial score (nSPS) is 16.6. The molecule has 4 aromatic carbocycles. The van der Waals surface area contributed by atoms with E-state index in [2.05, 4.69) is 30.9 Å². The second-order valence-electron chi connectivity index (χ2n) is 11.4. The third-order valence-electron chi connectivity index (χ3n) is 8.06. The Morgan fingerprint density at radius 2 is 1.67 bits per heavy atom. The summed E-state index contributed by atoms with van der Waals surface area (Å²) in [5.74, 6) is -0.0183. The van der Waals surface area contributed by atoms with E-state index in [1.807, 2.05) is 0 Å². The Balaban J connectivity index is 1.57. The van der Waals surface area contributed by atoms with Crippen LogP contribution in [0.5, 0.6) is 5.75 Å². The van der Waals surface area contributed by atoms with Gasteiger partial charge >= 0.3 is 6.18 Å². The van der Waals surface area contributed by atoms with Crippen molar-refractivity contribution in [1.82, 2.24) is 10.9 Å². The molecule has 0 saturated carbocycles. The highest BCUT2D eigenvalue weighted by Crippen LogP contribution is 2.45. The molecule has 0 aliphatic carbocycles. The Kier molecular flexibility index (Phi) is 11.8. The maximum absolute atomic E-state index is 14.6. The third-order valence-corrected chi connectivity index (χ3v) is 8.06. The summed E-state index contributed by atoms with van der Waals surface area (Å²) in [6.45, 7) is 0.259. The molecule has 0 saturated heterocycles. The lowest BCUT2D eigenvalue weighted by Crippen LogP contribution is -2.53. The molecule has 3 N–H and O–H groups in total. The van der Waals surface area contributed by atoms with Gasteiger partial charge in [0.25, 0.3) is 5.91 Å². The van der Waals surface area contributed by atoms with Crippen LogP contribution in [0.4, 0.5) is 18.9 Å². The number of carbonyl (C=O) groups excluding carboxylic acids is 1. The molecular weight excluding hydrogens is 667 g/mol. The first-order chi connectivity index (χ1) is 24.7. The number of carbonyl (C=O) groups is 1. The number of hydrazine groups is 1. The minimum Gasteiger partial charge on any atom is -0.494 e. The number of aliphatic hydroxyl groups excluding tert-OH is 1. The van der Waals surface area contributed by atoms with Crippen LogP contribution in [0.15, 0.2) is 112 Å². The Hall–Kier alpha value is -6.05. The molecule has 0 fully saturated rings. The predicted molar refractivity (Wildman–Crippen MR) is 181 cm³/mol. The summed E-state index contributed by atoms with van der Waals surface area (Å²) in [4.78, 5) is 25.3. The van der Waals surface area contributed by atoms with Crippen molar-refractivity contribution in [2.45, 2.75) is 43.8 Å². The topological polar surface area (TPSA) is 190 Å². The number of halogens is 3. The van der Waals surface area contributed by atoms with Crippen molar-refractivity contribution in [3.05, 3.63) is 151 Å². The number of nitrogens with zero attached hydrogens (tertiary/aromatic N) is 7. The smallest absolute Gasteiger partial charge is 0.416 e. The van der Waals surface area contributed by atoms with E-state index in [1.165, 1.54) is 12.1 Å². The summed E-state index contributed by atoms with van der Waals surface area (Å²) in [5.41, 5.74) is 24.1. The van der Waals surface area contributed by atoms with E-state index in [9.17, 15) is 23.5 Å². The first kappa shape index (κ1) is 36.2. The van der Waals surface area contributed by atoms with Crippen LogP contribution in [-0.4, -0.2) is 35.7 Å². The van der Waals surface area contributed by atoms with Gasteiger partial charge in [0.05, 0.1) is 18.7 Å². The van der Waals surface area contributed by atoms with Gasteiger partial charge in [0.2, 0.25) is 5.90 Å². The van der Waals surface area contributed by atoms with Crippen LogP contribution in [0, 0.1) is 0 Å². The standard InChI is InChI=1S/C35H32F3N9O4/c36-35(37,38)27-14-10-23(11-15-27)21-41-45-33(49)34(20-25-6-1-2-7-26(25)22-42-46-39)31(29-8-3-4-9-30(29)44-47-40)51-32(43-34)24-12-16-28(17-13-24)50-19-5-18-48/h1-4,6-17,31,41,48H,5,18-22H2,(H,45,49)/t31-,34-/m0/s1. The maximum Gasteiger partial charge on any atom is 0.416 e. The van der Waals surface area contributed by atoms with Crippen molar-refractivity contribution >= 4 is 17.5 Å². The molecule has 262 valence electrons. The van der Waals surface area contributed by atoms with Crippen LogP contribution in [0.25, 0.3) is 20.9 Å². The molecular formula is C35H32F3N9O4. The van der Waals surface area contributed by atoms with Crippen molar-refractivity contribution in [3.8, 4) is 5.75 Å². The van der Waals surface area contributed by atoms with Crippen molar-refractivity contribution in [2.24, 2.45) is 15.2 Å². The van der Waals surface area contributed by atoms with Gasteiger partial charge in [0.15, 0.2) is 11.6 Å². The highest BCUT2D eigenvalue weighted by Gasteiger charge is 2.54. The number of hydrogen-bond donors (Lipinski definition) is 3. The first-order valence-electron chi connectivity index (χ1n) is 15.7. The number of amides is 1. The third kappa shape index (κ3) is 8.76. The largest absolute Gasteiger partial charge is 0.494 e. The summed E-state index contributed by atoms with van der Waals surface area (Å²) in [6, 6.07) is 25.0. The van der Waals surface area contributed by atoms with E-state index in [0.717, 1.165) is 12.1 Å². The summed E-state index contributed by atoms with van der Waals surface area (Å²) in [6.07, 6.45) is -5.27. The zero-order chi connectivity index (χ0) is 36.3. The fraction of sp³-hybridized carbons (Fsp3) is 0.257. The monoisotopic (exact) mass is 699 g/mol. The molecule has 4 aromatic rings. The zero-order valence-electron chi connectivity index (χ0n) is 27.0. The number of aliphatic imine (C=N–C) groups is 1. The SMILES string of the molecule is [N-]=[N+]=NCc1ccccc1C[C@]1(C(=O)NNCc2ccc(C(F)(F)F)cc2)N=C(c2ccc(OCCCO)cc2)O[C@H]1c1ccccc1N=[N+]=[N-]. The minimum atomic E-state index is -4.49. The second kappa shape index (κ2) is 16.6. The number of alkyl halides is 3. The number of rotatable bonds is 15. The molecule has 5 rings (SSSR count). The van der Waals surface area contributed by atoms with Crippen LogP contribution >= 0.6 is 0 Å². The number of azide groups is 2. The minimum absolute atomic E-state index is 0.00824. The number of ether oxygens (including phenoxy) is 2. The van der Waals surface area contributed by atoms with Crippen LogP contribution in [0.3, 0.4) is 0 Å². The fourth-order valence-corrected chi connectivity index (χ4v) is 5.54. The molecule has 1 amide bonds. The van der Waals surface area contributed by atoms with E-state index in [1.54, 1.807) is 72.8 Å². The first-order valence-corrected chi connectivity index (χ1v) is 15.7. The maximum atomic E-state index is 14.6. The van der Waals surface area contributed by atoms with E-state index < -0.39 is 29.3 Å². The Morgan fingerprint density at radius 3 is 2.35 bits per heavy atom. The van der Waals surface area contributed by atoms with E-state index in [0.29, 0.717) is 46.6 Å². The number of benzene rings is 4. The lowest BCUT2D eigenvalue weighted by molar-refractivity contribution is -0.137. The lowest BCUT2D eigenvalue weighted by atomic mass is 9.80. The van der Waals surface area contributed by atoms with Crippen molar-refractivity contribution in [3.63, 3.8) is 0 Å². The average molecular weight is 700 g/mol. The van der Waals surface area contributed by atoms with Gasteiger partial charge in [-0.2, -0.15) is 13.2 Å². The van der Waals surface area contributed by atoms with Gasteiger partial charge in [0.1, 0.15) is 5.75 Å². The molecule has 16 heteroatoms. The van der Waals surface area contributed by atoms with Gasteiger partial charge in [-0.1, -0.05) is 70.9 Å². The van der Waals surface area contributed by atoms with Gasteiger partial charge < -0.3 is 14.6 Å². The summed E-state index contributed by atoms with van der Waals surface area (Å²) in [5, 5.41) is 16.6. The molecule has 13 nitrogen and oxygen atoms in total. The van der Waals surface area contributed by atoms with E-state index in [4.69, 9.17) is 25.1 Å². The van der Waals surface area contributed by atoms with Gasteiger partial charge in [-0.15, -0.1) is 0 Å². The van der Waals surface area contributed by atoms with Crippen LogP contribution < -0.4 is 15.6 Å². The Bertz CT molecular complexity index is 1960. The summed E-state index contributed by atoms with van der Waals surface area (Å²) < 4.78 is 51.5. The molecule has 1 aliphatic heterocycles. The number of hydrogen-bond acceptors (Lipinski definition) is 8. The molecule has 0 unspecified atom stereocenters. The highest BCUT2D eigenvalue weighted by atomic mass is 19.4. The molecule has 0 bridgehead atoms. The quantitative estimate of drug-likeness (QED) is 0.0379. The summed E-state index contributed by atoms with van der Waals surface area (Å²) >= 11 is 0. The highest BCUT2D eigenvalue weighted by molar-refractivity contribution is 6.01. The Morgan fingerprint density at radius 1 is 0.961 bits per heavy atom. The molecule has 0 spiro atoms. The number of nitrogens with one attached hydrogen (secondary N) is 2. The fourth-order valence-electron chi connectivity index (χ4n) is 5.54. The molecule has 1 heterocycles. The van der Waals surface area contributed by atoms with Crippen molar-refractivity contribution in [2.75, 3.05) is 13.2 Å².